The molecule has 0 atom stereocenters. The van der Waals surface area contributed by atoms with Gasteiger partial charge in [-0.05, 0) is 0 Å². The average Bonchev–Trinajstić information content (AvgIpc) is 2.06. The van der Waals surface area contributed by atoms with Gasteiger partial charge >= 0.3 is 0 Å². The zero-order valence-corrected chi connectivity index (χ0v) is 6.55. The Labute approximate surface area is 72.4 Å². The summed E-state index contributed by atoms with van der Waals surface area (Å²) in [5.41, 5.74) is 4.96. The van der Waals surface area contributed by atoms with Crippen molar-refractivity contribution in [2.45, 2.75) is 0 Å². The third kappa shape index (κ3) is 1.19. The zero-order chi connectivity index (χ0) is 9.42. The number of rotatable bonds is 0. The molecular formula is C6H7N5O2. The molecule has 0 fully saturated rings. The topological polar surface area (TPSA) is 113 Å². The number of H-pyrrole nitrogens is 1. The van der Waals surface area contributed by atoms with E-state index in [4.69, 9.17) is 5.73 Å². The van der Waals surface area contributed by atoms with Crippen LogP contribution < -0.4 is 21.9 Å². The minimum absolute atomic E-state index is 0.0207. The van der Waals surface area contributed by atoms with E-state index in [2.05, 4.69) is 20.6 Å². The summed E-state index contributed by atoms with van der Waals surface area (Å²) in [6.45, 7) is 0.100. The fourth-order valence-electron chi connectivity index (χ4n) is 1.08. The molecule has 7 heteroatoms. The number of carbonyl (C=O) groups excluding carboxylic acids is 1. The molecule has 0 bridgehead atoms. The number of nitrogens with two attached hydrogens (primary N) is 1. The van der Waals surface area contributed by atoms with Gasteiger partial charge in [-0.2, -0.15) is 4.98 Å². The van der Waals surface area contributed by atoms with Gasteiger partial charge in [0.15, 0.2) is 11.5 Å². The molecule has 0 aromatic carbocycles. The number of nitrogens with zero attached hydrogens (tertiary/aromatic N) is 1. The summed E-state index contributed by atoms with van der Waals surface area (Å²) in [6.07, 6.45) is 0. The highest BCUT2D eigenvalue weighted by atomic mass is 16.2. The van der Waals surface area contributed by atoms with E-state index < -0.39 is 5.56 Å². The summed E-state index contributed by atoms with van der Waals surface area (Å²) in [5.74, 6) is 0.0535. The molecule has 2 rings (SSSR count). The number of nitrogens with one attached hydrogen (secondary N) is 3. The van der Waals surface area contributed by atoms with Crippen LogP contribution in [0.1, 0.15) is 0 Å². The minimum atomic E-state index is -0.456. The standard InChI is InChI=1S/C6H7N5O2/c7-6-10-4-3(5(13)11-6)9-2(12)1-8-4/h1H2,(H,9,12)(H4,7,8,10,11,13). The molecular weight excluding hydrogens is 174 g/mol. The lowest BCUT2D eigenvalue weighted by molar-refractivity contribution is -0.114. The number of fused-ring (bicyclic) bond motifs is 1. The quantitative estimate of drug-likeness (QED) is 0.398. The first-order valence-corrected chi connectivity index (χ1v) is 3.60. The number of aromatic nitrogens is 2. The summed E-state index contributed by atoms with van der Waals surface area (Å²) in [5, 5.41) is 5.06. The Morgan fingerprint density at radius 3 is 2.92 bits per heavy atom. The molecule has 1 aromatic heterocycles. The number of carbonyl (C=O) groups is 1. The molecule has 0 radical (unpaired) electrons. The first-order chi connectivity index (χ1) is 6.16. The first-order valence-electron chi connectivity index (χ1n) is 3.60. The van der Waals surface area contributed by atoms with E-state index in [1.54, 1.807) is 0 Å². The lowest BCUT2D eigenvalue weighted by atomic mass is 10.3. The van der Waals surface area contributed by atoms with Gasteiger partial charge in [0.2, 0.25) is 11.9 Å². The van der Waals surface area contributed by atoms with Crippen molar-refractivity contribution in [3.05, 3.63) is 10.4 Å². The highest BCUT2D eigenvalue weighted by molar-refractivity contribution is 5.99. The molecule has 0 aliphatic carbocycles. The lowest BCUT2D eigenvalue weighted by Crippen LogP contribution is -2.33. The van der Waals surface area contributed by atoms with E-state index in [1.807, 2.05) is 0 Å². The van der Waals surface area contributed by atoms with E-state index in [9.17, 15) is 9.59 Å². The maximum Gasteiger partial charge on any atom is 0.278 e. The molecule has 5 N–H and O–H groups in total. The molecule has 0 saturated carbocycles. The summed E-state index contributed by atoms with van der Waals surface area (Å²) >= 11 is 0. The van der Waals surface area contributed by atoms with Crippen LogP contribution >= 0.6 is 0 Å². The van der Waals surface area contributed by atoms with Gasteiger partial charge in [-0.3, -0.25) is 14.6 Å². The molecule has 1 aliphatic heterocycles. The number of aromatic amines is 1. The maximum atomic E-state index is 11.2. The van der Waals surface area contributed by atoms with Crippen molar-refractivity contribution in [3.63, 3.8) is 0 Å². The van der Waals surface area contributed by atoms with Crippen LogP contribution in [-0.4, -0.2) is 22.4 Å². The summed E-state index contributed by atoms with van der Waals surface area (Å²) < 4.78 is 0. The van der Waals surface area contributed by atoms with Gasteiger partial charge in [-0.15, -0.1) is 0 Å². The van der Waals surface area contributed by atoms with Crippen LogP contribution in [-0.2, 0) is 4.79 Å². The van der Waals surface area contributed by atoms with E-state index in [1.165, 1.54) is 0 Å². The zero-order valence-electron chi connectivity index (χ0n) is 6.55. The van der Waals surface area contributed by atoms with E-state index in [0.717, 1.165) is 0 Å². The van der Waals surface area contributed by atoms with Crippen LogP contribution in [0.2, 0.25) is 0 Å². The van der Waals surface area contributed by atoms with Gasteiger partial charge in [-0.25, -0.2) is 0 Å². The molecule has 1 aromatic rings. The fraction of sp³-hybridized carbons (Fsp3) is 0.167. The summed E-state index contributed by atoms with van der Waals surface area (Å²) in [6, 6.07) is 0. The molecule has 13 heavy (non-hydrogen) atoms. The molecule has 1 aliphatic rings. The van der Waals surface area contributed by atoms with Crippen LogP contribution in [0.3, 0.4) is 0 Å². The number of amides is 1. The Bertz CT molecular complexity index is 424. The Balaban J connectivity index is 2.59. The highest BCUT2D eigenvalue weighted by Gasteiger charge is 2.18. The molecule has 7 nitrogen and oxygen atoms in total. The first kappa shape index (κ1) is 7.59. The van der Waals surface area contributed by atoms with Crippen LogP contribution in [0.5, 0.6) is 0 Å². The fourth-order valence-corrected chi connectivity index (χ4v) is 1.08. The van der Waals surface area contributed by atoms with Crippen molar-refractivity contribution in [3.8, 4) is 0 Å². The van der Waals surface area contributed by atoms with Gasteiger partial charge in [0.05, 0.1) is 6.54 Å². The van der Waals surface area contributed by atoms with Crippen LogP contribution in [0.15, 0.2) is 4.79 Å². The predicted octanol–water partition coefficient (Wildman–Crippen LogP) is -1.28. The van der Waals surface area contributed by atoms with Gasteiger partial charge in [-0.1, -0.05) is 0 Å². The Hall–Kier alpha value is -2.05. The van der Waals surface area contributed by atoms with Crippen LogP contribution in [0.4, 0.5) is 17.5 Å². The molecule has 0 unspecified atom stereocenters. The third-order valence-corrected chi connectivity index (χ3v) is 1.62. The van der Waals surface area contributed by atoms with E-state index in [0.29, 0.717) is 5.82 Å². The van der Waals surface area contributed by atoms with Gasteiger partial charge in [0.1, 0.15) is 0 Å². The lowest BCUT2D eigenvalue weighted by Gasteiger charge is -2.16. The minimum Gasteiger partial charge on any atom is -0.369 e. The van der Waals surface area contributed by atoms with Crippen molar-refractivity contribution in [1.82, 2.24) is 9.97 Å². The van der Waals surface area contributed by atoms with Gasteiger partial charge in [0.25, 0.3) is 5.56 Å². The van der Waals surface area contributed by atoms with E-state index >= 15 is 0 Å². The maximum absolute atomic E-state index is 11.2. The van der Waals surface area contributed by atoms with Crippen molar-refractivity contribution >= 4 is 23.4 Å². The Morgan fingerprint density at radius 1 is 1.38 bits per heavy atom. The second kappa shape index (κ2) is 2.47. The number of anilines is 3. The second-order valence-electron chi connectivity index (χ2n) is 2.58. The monoisotopic (exact) mass is 181 g/mol. The number of hydrogen-bond acceptors (Lipinski definition) is 5. The predicted molar refractivity (Wildman–Crippen MR) is 46.4 cm³/mol. The Morgan fingerprint density at radius 2 is 2.15 bits per heavy atom. The molecule has 68 valence electrons. The molecule has 1 amide bonds. The van der Waals surface area contributed by atoms with E-state index in [-0.39, 0.29) is 24.1 Å². The van der Waals surface area contributed by atoms with Gasteiger partial charge < -0.3 is 16.4 Å². The average molecular weight is 181 g/mol. The van der Waals surface area contributed by atoms with Crippen molar-refractivity contribution in [2.24, 2.45) is 0 Å². The molecule has 0 spiro atoms. The SMILES string of the molecule is Nc1nc2c(c(=O)[nH]1)NC(=O)CN2. The second-order valence-corrected chi connectivity index (χ2v) is 2.58. The molecule has 0 saturated heterocycles. The third-order valence-electron chi connectivity index (χ3n) is 1.62. The number of hydrogen-bond donors (Lipinski definition) is 4. The van der Waals surface area contributed by atoms with Crippen molar-refractivity contribution < 1.29 is 4.79 Å². The highest BCUT2D eigenvalue weighted by Crippen LogP contribution is 2.16. The van der Waals surface area contributed by atoms with Crippen molar-refractivity contribution in [1.29, 1.82) is 0 Å². The van der Waals surface area contributed by atoms with Gasteiger partial charge in [0, 0.05) is 0 Å². The van der Waals surface area contributed by atoms with Crippen molar-refractivity contribution in [2.75, 3.05) is 22.9 Å². The molecule has 2 heterocycles. The Kier molecular flexibility index (Phi) is 1.44. The normalized spacial score (nSPS) is 14.3. The summed E-state index contributed by atoms with van der Waals surface area (Å²) in [7, 11) is 0. The summed E-state index contributed by atoms with van der Waals surface area (Å²) in [4.78, 5) is 28.2. The smallest absolute Gasteiger partial charge is 0.278 e. The largest absolute Gasteiger partial charge is 0.369 e. The number of nitrogen functional groups attached to an aromatic ring is 1. The van der Waals surface area contributed by atoms with Crippen LogP contribution in [0, 0.1) is 0 Å². The van der Waals surface area contributed by atoms with Crippen LogP contribution in [0.25, 0.3) is 0 Å².